The van der Waals surface area contributed by atoms with Crippen molar-refractivity contribution in [3.8, 4) is 0 Å². The molecule has 1 aromatic carbocycles. The SMILES string of the molecule is CCOC1=CC23C(=O)C(c4ccc(C(CC)C(=O)O)cc4)C(=O)C(OCC)C2=NC=C3C=C1. The van der Waals surface area contributed by atoms with Crippen LogP contribution in [0.1, 0.15) is 50.2 Å². The zero-order valence-corrected chi connectivity index (χ0v) is 18.9. The number of aliphatic imine (C=N–C) groups is 1. The van der Waals surface area contributed by atoms with Crippen LogP contribution in [0.2, 0.25) is 0 Å². The van der Waals surface area contributed by atoms with Crippen molar-refractivity contribution < 1.29 is 29.0 Å². The molecule has 3 aliphatic rings. The molecule has 1 aromatic rings. The Morgan fingerprint density at radius 3 is 2.45 bits per heavy atom. The summed E-state index contributed by atoms with van der Waals surface area (Å²) in [5.74, 6) is -2.73. The molecule has 0 amide bonds. The molecule has 1 heterocycles. The van der Waals surface area contributed by atoms with Crippen LogP contribution in [0.25, 0.3) is 0 Å². The minimum absolute atomic E-state index is 0.287. The van der Waals surface area contributed by atoms with Crippen LogP contribution in [-0.2, 0) is 23.9 Å². The van der Waals surface area contributed by atoms with Gasteiger partial charge in [0.15, 0.2) is 17.7 Å². The maximum Gasteiger partial charge on any atom is 0.310 e. The van der Waals surface area contributed by atoms with Gasteiger partial charge in [-0.1, -0.05) is 37.3 Å². The molecule has 2 aliphatic carbocycles. The van der Waals surface area contributed by atoms with Crippen LogP contribution in [0, 0.1) is 5.41 Å². The van der Waals surface area contributed by atoms with Crippen LogP contribution in [0.4, 0.5) is 0 Å². The Bertz CT molecular complexity index is 1110. The lowest BCUT2D eigenvalue weighted by molar-refractivity contribution is -0.139. The third kappa shape index (κ3) is 3.56. The van der Waals surface area contributed by atoms with E-state index in [1.807, 2.05) is 6.92 Å². The Kier molecular flexibility index (Phi) is 6.17. The fraction of sp³-hybridized carbons (Fsp3) is 0.385. The molecule has 7 nitrogen and oxygen atoms in total. The first-order valence-electron chi connectivity index (χ1n) is 11.2. The third-order valence-electron chi connectivity index (χ3n) is 6.45. The first-order chi connectivity index (χ1) is 15.9. The van der Waals surface area contributed by atoms with Crippen LogP contribution in [0.3, 0.4) is 0 Å². The molecule has 0 bridgehead atoms. The minimum atomic E-state index is -1.22. The van der Waals surface area contributed by atoms with Gasteiger partial charge in [0.2, 0.25) is 0 Å². The molecule has 0 aromatic heterocycles. The summed E-state index contributed by atoms with van der Waals surface area (Å²) in [7, 11) is 0. The summed E-state index contributed by atoms with van der Waals surface area (Å²) in [4.78, 5) is 43.5. The van der Waals surface area contributed by atoms with Gasteiger partial charge in [-0.15, -0.1) is 0 Å². The van der Waals surface area contributed by atoms with E-state index in [0.29, 0.717) is 41.2 Å². The van der Waals surface area contributed by atoms with Gasteiger partial charge in [-0.25, -0.2) is 0 Å². The maximum absolute atomic E-state index is 14.0. The molecule has 4 atom stereocenters. The summed E-state index contributed by atoms with van der Waals surface area (Å²) in [5, 5.41) is 9.45. The number of carboxylic acids is 1. The second-order valence-corrected chi connectivity index (χ2v) is 8.22. The molecule has 172 valence electrons. The van der Waals surface area contributed by atoms with E-state index in [1.165, 1.54) is 0 Å². The quantitative estimate of drug-likeness (QED) is 0.607. The minimum Gasteiger partial charge on any atom is -0.494 e. The molecule has 33 heavy (non-hydrogen) atoms. The van der Waals surface area contributed by atoms with E-state index in [9.17, 15) is 19.5 Å². The van der Waals surface area contributed by atoms with Crippen molar-refractivity contribution in [1.29, 1.82) is 0 Å². The number of Topliss-reactive ketones (excluding diaryl/α,β-unsaturated/α-hetero) is 2. The van der Waals surface area contributed by atoms with E-state index >= 15 is 0 Å². The Morgan fingerprint density at radius 1 is 1.12 bits per heavy atom. The standard InChI is InChI=1S/C26H27NO6/c1-4-19(25(30)31)15-7-9-16(10-8-15)20-21(28)22(33-6-3)23-26(24(20)29)13-18(32-5-2)12-11-17(26)14-27-23/h7-14,19-20,22H,4-6H2,1-3H3,(H,30,31). The monoisotopic (exact) mass is 449 g/mol. The number of carbonyl (C=O) groups excluding carboxylic acids is 2. The second kappa shape index (κ2) is 8.90. The number of ketones is 2. The van der Waals surface area contributed by atoms with Crippen molar-refractivity contribution in [2.45, 2.75) is 45.1 Å². The average molecular weight is 450 g/mol. The predicted octanol–water partition coefficient (Wildman–Crippen LogP) is 3.72. The molecular formula is C26H27NO6. The first-order valence-corrected chi connectivity index (χ1v) is 11.2. The lowest BCUT2D eigenvalue weighted by atomic mass is 9.60. The van der Waals surface area contributed by atoms with Gasteiger partial charge in [0.05, 0.1) is 18.2 Å². The van der Waals surface area contributed by atoms with Gasteiger partial charge in [0.1, 0.15) is 17.1 Å². The van der Waals surface area contributed by atoms with Crippen molar-refractivity contribution in [2.75, 3.05) is 13.2 Å². The van der Waals surface area contributed by atoms with Gasteiger partial charge in [-0.05, 0) is 49.1 Å². The number of hydrogen-bond donors (Lipinski definition) is 1. The molecule has 0 saturated heterocycles. The Morgan fingerprint density at radius 2 is 1.85 bits per heavy atom. The van der Waals surface area contributed by atoms with Crippen molar-refractivity contribution in [1.82, 2.24) is 0 Å². The molecule has 4 rings (SSSR count). The van der Waals surface area contributed by atoms with Crippen LogP contribution in [0.5, 0.6) is 0 Å². The number of allylic oxidation sites excluding steroid dienone is 4. The van der Waals surface area contributed by atoms with Crippen LogP contribution in [-0.4, -0.2) is 47.7 Å². The fourth-order valence-electron chi connectivity index (χ4n) is 4.89. The van der Waals surface area contributed by atoms with Crippen molar-refractivity contribution in [2.24, 2.45) is 10.4 Å². The topological polar surface area (TPSA) is 102 Å². The summed E-state index contributed by atoms with van der Waals surface area (Å²) >= 11 is 0. The number of benzene rings is 1. The van der Waals surface area contributed by atoms with E-state index in [0.717, 1.165) is 0 Å². The number of ether oxygens (including phenoxy) is 2. The maximum atomic E-state index is 14.0. The molecule has 1 aliphatic heterocycles. The largest absolute Gasteiger partial charge is 0.494 e. The number of hydrogen-bond acceptors (Lipinski definition) is 6. The summed E-state index contributed by atoms with van der Waals surface area (Å²) in [6.07, 6.45) is 6.44. The van der Waals surface area contributed by atoms with Crippen molar-refractivity contribution >= 4 is 23.2 Å². The van der Waals surface area contributed by atoms with Crippen molar-refractivity contribution in [3.05, 3.63) is 71.2 Å². The number of aliphatic carboxylic acids is 1. The lowest BCUT2D eigenvalue weighted by Gasteiger charge is -2.41. The molecule has 4 unspecified atom stereocenters. The predicted molar refractivity (Wildman–Crippen MR) is 122 cm³/mol. The highest BCUT2D eigenvalue weighted by Crippen LogP contribution is 2.50. The fourth-order valence-corrected chi connectivity index (χ4v) is 4.89. The molecule has 7 heteroatoms. The summed E-state index contributed by atoms with van der Waals surface area (Å²) < 4.78 is 11.5. The van der Waals surface area contributed by atoms with E-state index in [2.05, 4.69) is 4.99 Å². The van der Waals surface area contributed by atoms with Gasteiger partial charge in [-0.3, -0.25) is 19.4 Å². The third-order valence-corrected chi connectivity index (χ3v) is 6.45. The lowest BCUT2D eigenvalue weighted by Crippen LogP contribution is -2.57. The molecular weight excluding hydrogens is 422 g/mol. The second-order valence-electron chi connectivity index (χ2n) is 8.22. The number of nitrogens with zero attached hydrogens (tertiary/aromatic N) is 1. The number of carboxylic acid groups (broad SMARTS) is 1. The van der Waals surface area contributed by atoms with Crippen LogP contribution < -0.4 is 0 Å². The summed E-state index contributed by atoms with van der Waals surface area (Å²) in [5.41, 5.74) is 0.983. The van der Waals surface area contributed by atoms with Crippen LogP contribution >= 0.6 is 0 Å². The van der Waals surface area contributed by atoms with Gasteiger partial charge < -0.3 is 14.6 Å². The number of rotatable bonds is 8. The van der Waals surface area contributed by atoms with Gasteiger partial charge in [-0.2, -0.15) is 0 Å². The van der Waals surface area contributed by atoms with E-state index in [-0.39, 0.29) is 18.2 Å². The Balaban J connectivity index is 1.80. The van der Waals surface area contributed by atoms with Gasteiger partial charge in [0.25, 0.3) is 0 Å². The van der Waals surface area contributed by atoms with E-state index in [1.54, 1.807) is 62.5 Å². The zero-order chi connectivity index (χ0) is 23.8. The Hall–Kier alpha value is -3.32. The highest BCUT2D eigenvalue weighted by molar-refractivity contribution is 6.35. The summed E-state index contributed by atoms with van der Waals surface area (Å²) in [6.45, 7) is 6.19. The summed E-state index contributed by atoms with van der Waals surface area (Å²) in [6, 6.07) is 6.71. The molecule has 0 radical (unpaired) electrons. The van der Waals surface area contributed by atoms with E-state index < -0.39 is 29.3 Å². The zero-order valence-electron chi connectivity index (χ0n) is 18.9. The molecule has 1 fully saturated rings. The average Bonchev–Trinajstić information content (AvgIpc) is 3.18. The van der Waals surface area contributed by atoms with Crippen molar-refractivity contribution in [3.63, 3.8) is 0 Å². The first kappa shape index (κ1) is 22.9. The van der Waals surface area contributed by atoms with Crippen LogP contribution in [0.15, 0.2) is 65.0 Å². The molecule has 1 spiro atoms. The highest BCUT2D eigenvalue weighted by atomic mass is 16.5. The molecule has 1 N–H and O–H groups in total. The Labute approximate surface area is 192 Å². The molecule has 1 saturated carbocycles. The smallest absolute Gasteiger partial charge is 0.310 e. The van der Waals surface area contributed by atoms with Gasteiger partial charge in [0, 0.05) is 12.8 Å². The van der Waals surface area contributed by atoms with Gasteiger partial charge >= 0.3 is 5.97 Å². The highest BCUT2D eigenvalue weighted by Gasteiger charge is 2.60. The van der Waals surface area contributed by atoms with E-state index in [4.69, 9.17) is 9.47 Å². The number of carbonyl (C=O) groups is 3. The normalized spacial score (nSPS) is 26.7.